The zero-order valence-electron chi connectivity index (χ0n) is 11.6. The lowest BCUT2D eigenvalue weighted by atomic mass is 10.1. The van der Waals surface area contributed by atoms with Crippen LogP contribution in [0.5, 0.6) is 0 Å². The summed E-state index contributed by atoms with van der Waals surface area (Å²) in [5.74, 6) is 0.0924. The lowest BCUT2D eigenvalue weighted by molar-refractivity contribution is -0.116. The van der Waals surface area contributed by atoms with Gasteiger partial charge in [0.25, 0.3) is 5.91 Å². The minimum atomic E-state index is 0.0924. The zero-order chi connectivity index (χ0) is 13.5. The van der Waals surface area contributed by atoms with Gasteiger partial charge in [-0.3, -0.25) is 4.79 Å². The molecular weight excluding hydrogens is 236 g/mol. The number of rotatable bonds is 7. The number of unbranched alkanes of at least 4 members (excludes halogenated alkanes) is 4. The highest BCUT2D eigenvalue weighted by Gasteiger charge is 2.24. The number of hydrazone groups is 1. The third kappa shape index (κ3) is 3.91. The maximum absolute atomic E-state index is 11.9. The number of benzene rings is 1. The Hall–Kier alpha value is -1.64. The minimum Gasteiger partial charge on any atom is -0.272 e. The van der Waals surface area contributed by atoms with Crippen molar-refractivity contribution in [2.45, 2.75) is 51.9 Å². The number of para-hydroxylation sites is 1. The van der Waals surface area contributed by atoms with Crippen LogP contribution in [0.3, 0.4) is 0 Å². The van der Waals surface area contributed by atoms with Crippen LogP contribution in [0, 0.1) is 0 Å². The summed E-state index contributed by atoms with van der Waals surface area (Å²) in [5, 5.41) is 6.00. The summed E-state index contributed by atoms with van der Waals surface area (Å²) in [6.07, 6.45) is 7.70. The predicted octanol–water partition coefficient (Wildman–Crippen LogP) is 4.14. The molecule has 19 heavy (non-hydrogen) atoms. The van der Waals surface area contributed by atoms with Crippen molar-refractivity contribution in [2.24, 2.45) is 5.10 Å². The summed E-state index contributed by atoms with van der Waals surface area (Å²) in [4.78, 5) is 11.9. The summed E-state index contributed by atoms with van der Waals surface area (Å²) in [6.45, 7) is 2.22. The molecule has 0 atom stereocenters. The Balaban J connectivity index is 1.85. The molecule has 102 valence electrons. The highest BCUT2D eigenvalue weighted by molar-refractivity contribution is 6.12. The second-order valence-corrected chi connectivity index (χ2v) is 5.05. The molecule has 1 amide bonds. The third-order valence-corrected chi connectivity index (χ3v) is 3.40. The standard InChI is InChI=1S/C16H22N2O/c1-2-3-4-5-7-10-14-13-16(19)18(17-14)15-11-8-6-9-12-15/h6,8-9,11-12H,2-5,7,10,13H2,1H3. The molecule has 0 aliphatic carbocycles. The molecule has 0 spiro atoms. The minimum absolute atomic E-state index is 0.0924. The number of carbonyl (C=O) groups excluding carboxylic acids is 1. The number of amides is 1. The Labute approximate surface area is 115 Å². The largest absolute Gasteiger partial charge is 0.272 e. The van der Waals surface area contributed by atoms with Gasteiger partial charge in [-0.2, -0.15) is 5.10 Å². The number of carbonyl (C=O) groups is 1. The molecule has 1 aromatic rings. The van der Waals surface area contributed by atoms with E-state index in [-0.39, 0.29) is 5.91 Å². The lowest BCUT2D eigenvalue weighted by Gasteiger charge is -2.10. The first-order valence-corrected chi connectivity index (χ1v) is 7.25. The summed E-state index contributed by atoms with van der Waals surface area (Å²) in [7, 11) is 0. The maximum atomic E-state index is 11.9. The smallest absolute Gasteiger partial charge is 0.253 e. The van der Waals surface area contributed by atoms with E-state index in [1.165, 1.54) is 25.7 Å². The highest BCUT2D eigenvalue weighted by Crippen LogP contribution is 2.21. The van der Waals surface area contributed by atoms with Gasteiger partial charge >= 0.3 is 0 Å². The van der Waals surface area contributed by atoms with Gasteiger partial charge in [0.05, 0.1) is 12.1 Å². The molecule has 0 N–H and O–H groups in total. The Kier molecular flexibility index (Phi) is 5.13. The van der Waals surface area contributed by atoms with Crippen LogP contribution < -0.4 is 5.01 Å². The fourth-order valence-corrected chi connectivity index (χ4v) is 2.32. The van der Waals surface area contributed by atoms with Crippen LogP contribution >= 0.6 is 0 Å². The molecule has 0 unspecified atom stereocenters. The second kappa shape index (κ2) is 7.07. The third-order valence-electron chi connectivity index (χ3n) is 3.40. The van der Waals surface area contributed by atoms with Crippen LogP contribution in [-0.2, 0) is 4.79 Å². The van der Waals surface area contributed by atoms with E-state index in [0.717, 1.165) is 24.2 Å². The molecule has 0 bridgehead atoms. The van der Waals surface area contributed by atoms with E-state index in [4.69, 9.17) is 0 Å². The van der Waals surface area contributed by atoms with E-state index < -0.39 is 0 Å². The van der Waals surface area contributed by atoms with Crippen LogP contribution in [0.25, 0.3) is 0 Å². The van der Waals surface area contributed by atoms with E-state index in [0.29, 0.717) is 6.42 Å². The molecule has 0 aromatic heterocycles. The van der Waals surface area contributed by atoms with Crippen molar-refractivity contribution in [3.8, 4) is 0 Å². The first kappa shape index (κ1) is 13.8. The van der Waals surface area contributed by atoms with E-state index in [1.807, 2.05) is 30.3 Å². The Bertz CT molecular complexity index is 439. The molecule has 1 heterocycles. The van der Waals surface area contributed by atoms with Crippen molar-refractivity contribution in [3.05, 3.63) is 30.3 Å². The molecule has 1 aliphatic rings. The quantitative estimate of drug-likeness (QED) is 0.676. The summed E-state index contributed by atoms with van der Waals surface area (Å²) in [5.41, 5.74) is 1.90. The average Bonchev–Trinajstić information content (AvgIpc) is 2.81. The Morgan fingerprint density at radius 3 is 2.58 bits per heavy atom. The molecule has 0 radical (unpaired) electrons. The Morgan fingerprint density at radius 2 is 1.84 bits per heavy atom. The maximum Gasteiger partial charge on any atom is 0.253 e. The summed E-state index contributed by atoms with van der Waals surface area (Å²) < 4.78 is 0. The van der Waals surface area contributed by atoms with Gasteiger partial charge in [-0.25, -0.2) is 5.01 Å². The SMILES string of the molecule is CCCCCCCC1=NN(c2ccccc2)C(=O)C1. The first-order chi connectivity index (χ1) is 9.31. The molecule has 3 nitrogen and oxygen atoms in total. The number of hydrogen-bond donors (Lipinski definition) is 0. The van der Waals surface area contributed by atoms with Gasteiger partial charge in [-0.15, -0.1) is 0 Å². The lowest BCUT2D eigenvalue weighted by Crippen LogP contribution is -2.19. The molecule has 3 heteroatoms. The molecular formula is C16H22N2O. The summed E-state index contributed by atoms with van der Waals surface area (Å²) >= 11 is 0. The van der Waals surface area contributed by atoms with Crippen LogP contribution in [-0.4, -0.2) is 11.6 Å². The monoisotopic (exact) mass is 258 g/mol. The molecule has 0 saturated carbocycles. The van der Waals surface area contributed by atoms with Gasteiger partial charge in [0.15, 0.2) is 0 Å². The van der Waals surface area contributed by atoms with Crippen molar-refractivity contribution >= 4 is 17.3 Å². The molecule has 0 saturated heterocycles. The molecule has 0 fully saturated rings. The van der Waals surface area contributed by atoms with Crippen molar-refractivity contribution in [3.63, 3.8) is 0 Å². The average molecular weight is 258 g/mol. The van der Waals surface area contributed by atoms with Gasteiger partial charge < -0.3 is 0 Å². The van der Waals surface area contributed by atoms with Gasteiger partial charge in [-0.1, -0.05) is 50.8 Å². The van der Waals surface area contributed by atoms with Crippen molar-refractivity contribution in [1.82, 2.24) is 0 Å². The van der Waals surface area contributed by atoms with Gasteiger partial charge in [0, 0.05) is 5.71 Å². The fourth-order valence-electron chi connectivity index (χ4n) is 2.32. The van der Waals surface area contributed by atoms with Crippen LogP contribution in [0.4, 0.5) is 5.69 Å². The van der Waals surface area contributed by atoms with Crippen LogP contribution in [0.1, 0.15) is 51.9 Å². The molecule has 2 rings (SSSR count). The van der Waals surface area contributed by atoms with Crippen molar-refractivity contribution in [1.29, 1.82) is 0 Å². The van der Waals surface area contributed by atoms with Crippen molar-refractivity contribution in [2.75, 3.05) is 5.01 Å². The van der Waals surface area contributed by atoms with Gasteiger partial charge in [-0.05, 0) is 25.0 Å². The normalized spacial score (nSPS) is 14.9. The van der Waals surface area contributed by atoms with Crippen molar-refractivity contribution < 1.29 is 4.79 Å². The predicted molar refractivity (Wildman–Crippen MR) is 79.4 cm³/mol. The Morgan fingerprint density at radius 1 is 1.11 bits per heavy atom. The van der Waals surface area contributed by atoms with E-state index in [1.54, 1.807) is 5.01 Å². The molecule has 1 aliphatic heterocycles. The number of anilines is 1. The van der Waals surface area contributed by atoms with E-state index in [9.17, 15) is 4.79 Å². The zero-order valence-corrected chi connectivity index (χ0v) is 11.6. The van der Waals surface area contributed by atoms with Crippen LogP contribution in [0.2, 0.25) is 0 Å². The van der Waals surface area contributed by atoms with E-state index in [2.05, 4.69) is 12.0 Å². The highest BCUT2D eigenvalue weighted by atomic mass is 16.2. The van der Waals surface area contributed by atoms with Gasteiger partial charge in [0.1, 0.15) is 0 Å². The molecule has 1 aromatic carbocycles. The first-order valence-electron chi connectivity index (χ1n) is 7.25. The summed E-state index contributed by atoms with van der Waals surface area (Å²) in [6, 6.07) is 9.65. The number of hydrogen-bond acceptors (Lipinski definition) is 2. The van der Waals surface area contributed by atoms with Crippen LogP contribution in [0.15, 0.2) is 35.4 Å². The topological polar surface area (TPSA) is 32.7 Å². The second-order valence-electron chi connectivity index (χ2n) is 5.05. The van der Waals surface area contributed by atoms with E-state index >= 15 is 0 Å². The number of nitrogens with zero attached hydrogens (tertiary/aromatic N) is 2. The fraction of sp³-hybridized carbons (Fsp3) is 0.500. The van der Waals surface area contributed by atoms with Gasteiger partial charge in [0.2, 0.25) is 0 Å².